The van der Waals surface area contributed by atoms with Gasteiger partial charge in [-0.2, -0.15) is 0 Å². The van der Waals surface area contributed by atoms with Crippen molar-refractivity contribution in [2.24, 2.45) is 5.73 Å². The monoisotopic (exact) mass is 271 g/mol. The lowest BCUT2D eigenvalue weighted by Gasteiger charge is -2.16. The van der Waals surface area contributed by atoms with Crippen molar-refractivity contribution in [3.63, 3.8) is 0 Å². The summed E-state index contributed by atoms with van der Waals surface area (Å²) in [5.74, 6) is 0.729. The van der Waals surface area contributed by atoms with Crippen LogP contribution < -0.4 is 15.2 Å². The van der Waals surface area contributed by atoms with Crippen LogP contribution in [0.15, 0.2) is 18.2 Å². The molecule has 0 heterocycles. The van der Waals surface area contributed by atoms with Crippen LogP contribution >= 0.6 is 12.4 Å². The van der Waals surface area contributed by atoms with Crippen LogP contribution in [0.1, 0.15) is 36.0 Å². The highest BCUT2D eigenvalue weighted by atomic mass is 35.5. The predicted octanol–water partition coefficient (Wildman–Crippen LogP) is 2.54. The molecule has 2 rings (SSSR count). The summed E-state index contributed by atoms with van der Waals surface area (Å²) in [6.45, 7) is 0. The van der Waals surface area contributed by atoms with E-state index < -0.39 is 5.91 Å². The lowest BCUT2D eigenvalue weighted by molar-refractivity contribution is 0.0993. The number of methoxy groups -OCH3 is 1. The number of amides is 1. The molecule has 1 aromatic carbocycles. The number of nitrogens with two attached hydrogens (primary N) is 1. The average molecular weight is 272 g/mol. The zero-order chi connectivity index (χ0) is 12.3. The summed E-state index contributed by atoms with van der Waals surface area (Å²) < 4.78 is 11.0. The SMILES string of the molecule is COc1ccc(C(N)=O)c(OC2CCCC2)c1.Cl. The first kappa shape index (κ1) is 14.6. The zero-order valence-corrected chi connectivity index (χ0v) is 11.2. The third kappa shape index (κ3) is 3.29. The van der Waals surface area contributed by atoms with Gasteiger partial charge in [0.1, 0.15) is 11.5 Å². The molecule has 18 heavy (non-hydrogen) atoms. The molecule has 1 aromatic rings. The fourth-order valence-electron chi connectivity index (χ4n) is 2.12. The van der Waals surface area contributed by atoms with E-state index in [0.717, 1.165) is 12.8 Å². The lowest BCUT2D eigenvalue weighted by Crippen LogP contribution is -2.17. The Labute approximate surface area is 113 Å². The van der Waals surface area contributed by atoms with Gasteiger partial charge in [-0.25, -0.2) is 0 Å². The Balaban J connectivity index is 0.00000162. The van der Waals surface area contributed by atoms with E-state index in [1.54, 1.807) is 25.3 Å². The molecule has 0 saturated heterocycles. The van der Waals surface area contributed by atoms with Gasteiger partial charge >= 0.3 is 0 Å². The van der Waals surface area contributed by atoms with Gasteiger partial charge in [0.2, 0.25) is 0 Å². The van der Waals surface area contributed by atoms with Gasteiger partial charge in [0.15, 0.2) is 0 Å². The Morgan fingerprint density at radius 3 is 2.56 bits per heavy atom. The summed E-state index contributed by atoms with van der Waals surface area (Å²) in [7, 11) is 1.58. The van der Waals surface area contributed by atoms with Gasteiger partial charge in [0.25, 0.3) is 5.91 Å². The highest BCUT2D eigenvalue weighted by Crippen LogP contribution is 2.29. The van der Waals surface area contributed by atoms with Crippen LogP contribution in [-0.2, 0) is 0 Å². The number of benzene rings is 1. The number of carbonyl (C=O) groups is 1. The zero-order valence-electron chi connectivity index (χ0n) is 10.3. The van der Waals surface area contributed by atoms with E-state index >= 15 is 0 Å². The Bertz CT molecular complexity index is 417. The quantitative estimate of drug-likeness (QED) is 0.915. The number of hydrogen-bond acceptors (Lipinski definition) is 3. The average Bonchev–Trinajstić information content (AvgIpc) is 2.81. The second-order valence-corrected chi connectivity index (χ2v) is 4.25. The minimum atomic E-state index is -0.472. The van der Waals surface area contributed by atoms with Crippen molar-refractivity contribution >= 4 is 18.3 Å². The number of hydrogen-bond donors (Lipinski definition) is 1. The van der Waals surface area contributed by atoms with Crippen molar-refractivity contribution in [3.05, 3.63) is 23.8 Å². The maximum Gasteiger partial charge on any atom is 0.252 e. The number of carbonyl (C=O) groups excluding carboxylic acids is 1. The minimum Gasteiger partial charge on any atom is -0.497 e. The van der Waals surface area contributed by atoms with Crippen LogP contribution in [0, 0.1) is 0 Å². The molecule has 0 atom stereocenters. The largest absolute Gasteiger partial charge is 0.497 e. The van der Waals surface area contributed by atoms with Crippen molar-refractivity contribution < 1.29 is 14.3 Å². The van der Waals surface area contributed by atoms with Gasteiger partial charge in [-0.1, -0.05) is 0 Å². The van der Waals surface area contributed by atoms with Gasteiger partial charge in [-0.15, -0.1) is 12.4 Å². The maximum atomic E-state index is 11.3. The van der Waals surface area contributed by atoms with Crippen LogP contribution in [0.3, 0.4) is 0 Å². The second kappa shape index (κ2) is 6.50. The van der Waals surface area contributed by atoms with E-state index in [4.69, 9.17) is 15.2 Å². The van der Waals surface area contributed by atoms with Gasteiger partial charge in [0, 0.05) is 6.07 Å². The molecule has 0 unspecified atom stereocenters. The summed E-state index contributed by atoms with van der Waals surface area (Å²) >= 11 is 0. The van der Waals surface area contributed by atoms with E-state index in [9.17, 15) is 4.79 Å². The van der Waals surface area contributed by atoms with Gasteiger partial charge in [-0.05, 0) is 37.8 Å². The first-order chi connectivity index (χ1) is 8.20. The first-order valence-electron chi connectivity index (χ1n) is 5.85. The number of rotatable bonds is 4. The Kier molecular flexibility index (Phi) is 5.28. The molecule has 1 fully saturated rings. The third-order valence-corrected chi connectivity index (χ3v) is 3.05. The molecule has 0 bridgehead atoms. The van der Waals surface area contributed by atoms with Crippen LogP contribution in [0.5, 0.6) is 11.5 Å². The van der Waals surface area contributed by atoms with Crippen LogP contribution in [-0.4, -0.2) is 19.1 Å². The normalized spacial score (nSPS) is 14.9. The summed E-state index contributed by atoms with van der Waals surface area (Å²) in [6.07, 6.45) is 4.63. The molecule has 0 spiro atoms. The minimum absolute atomic E-state index is 0. The molecule has 5 heteroatoms. The maximum absolute atomic E-state index is 11.3. The predicted molar refractivity (Wildman–Crippen MR) is 71.6 cm³/mol. The Morgan fingerprint density at radius 2 is 2.00 bits per heavy atom. The Morgan fingerprint density at radius 1 is 1.33 bits per heavy atom. The smallest absolute Gasteiger partial charge is 0.252 e. The lowest BCUT2D eigenvalue weighted by atomic mass is 10.1. The Hall–Kier alpha value is -1.42. The molecular formula is C13H18ClNO3. The van der Waals surface area contributed by atoms with E-state index in [1.807, 2.05) is 0 Å². The van der Waals surface area contributed by atoms with E-state index in [0.29, 0.717) is 17.1 Å². The van der Waals surface area contributed by atoms with Gasteiger partial charge < -0.3 is 15.2 Å². The molecule has 1 saturated carbocycles. The second-order valence-electron chi connectivity index (χ2n) is 4.25. The van der Waals surface area contributed by atoms with Crippen LogP contribution in [0.25, 0.3) is 0 Å². The fourth-order valence-corrected chi connectivity index (χ4v) is 2.12. The third-order valence-electron chi connectivity index (χ3n) is 3.05. The van der Waals surface area contributed by atoms with Crippen molar-refractivity contribution in [2.45, 2.75) is 31.8 Å². The summed E-state index contributed by atoms with van der Waals surface area (Å²) in [5.41, 5.74) is 5.74. The molecule has 1 aliphatic rings. The number of primary amides is 1. The van der Waals surface area contributed by atoms with Crippen LogP contribution in [0.2, 0.25) is 0 Å². The molecule has 2 N–H and O–H groups in total. The van der Waals surface area contributed by atoms with Crippen molar-refractivity contribution in [1.82, 2.24) is 0 Å². The van der Waals surface area contributed by atoms with E-state index in [-0.39, 0.29) is 18.5 Å². The topological polar surface area (TPSA) is 61.5 Å². The van der Waals surface area contributed by atoms with Gasteiger partial charge in [0.05, 0.1) is 18.8 Å². The van der Waals surface area contributed by atoms with E-state index in [1.165, 1.54) is 12.8 Å². The summed E-state index contributed by atoms with van der Waals surface area (Å²) in [5, 5.41) is 0. The summed E-state index contributed by atoms with van der Waals surface area (Å²) in [6, 6.07) is 5.07. The molecule has 0 radical (unpaired) electrons. The van der Waals surface area contributed by atoms with E-state index in [2.05, 4.69) is 0 Å². The van der Waals surface area contributed by atoms with Gasteiger partial charge in [-0.3, -0.25) is 4.79 Å². The fraction of sp³-hybridized carbons (Fsp3) is 0.462. The standard InChI is InChI=1S/C13H17NO3.ClH/c1-16-10-6-7-11(13(14)15)12(8-10)17-9-4-2-3-5-9;/h6-9H,2-5H2,1H3,(H2,14,15);1H. The highest BCUT2D eigenvalue weighted by molar-refractivity contribution is 5.95. The molecule has 0 aromatic heterocycles. The molecule has 1 amide bonds. The number of ether oxygens (including phenoxy) is 2. The van der Waals surface area contributed by atoms with Crippen molar-refractivity contribution in [2.75, 3.05) is 7.11 Å². The molecular weight excluding hydrogens is 254 g/mol. The molecule has 100 valence electrons. The first-order valence-corrected chi connectivity index (χ1v) is 5.85. The number of halogens is 1. The molecule has 4 nitrogen and oxygen atoms in total. The van der Waals surface area contributed by atoms with Crippen molar-refractivity contribution in [1.29, 1.82) is 0 Å². The van der Waals surface area contributed by atoms with Crippen molar-refractivity contribution in [3.8, 4) is 11.5 Å². The van der Waals surface area contributed by atoms with Crippen LogP contribution in [0.4, 0.5) is 0 Å². The summed E-state index contributed by atoms with van der Waals surface area (Å²) in [4.78, 5) is 11.3. The molecule has 1 aliphatic carbocycles. The highest BCUT2D eigenvalue weighted by Gasteiger charge is 2.19. The molecule has 0 aliphatic heterocycles.